The molecule has 1 saturated heterocycles. The summed E-state index contributed by atoms with van der Waals surface area (Å²) in [6, 6.07) is 15.5. The number of anilines is 2. The van der Waals surface area contributed by atoms with Crippen molar-refractivity contribution in [2.24, 2.45) is 5.92 Å². The fraction of sp³-hybridized carbons (Fsp3) is 0.172. The van der Waals surface area contributed by atoms with Crippen LogP contribution in [0.15, 0.2) is 82.6 Å². The number of alkyl halides is 3. The second kappa shape index (κ2) is 11.0. The van der Waals surface area contributed by atoms with Crippen LogP contribution in [0.1, 0.15) is 21.9 Å². The van der Waals surface area contributed by atoms with Gasteiger partial charge in [0, 0.05) is 21.5 Å². The lowest BCUT2D eigenvalue weighted by Crippen LogP contribution is -2.33. The first-order valence-electron chi connectivity index (χ1n) is 12.7. The molecule has 4 aromatic rings. The first-order valence-corrected chi connectivity index (χ1v) is 14.8. The number of benzene rings is 3. The second-order valence-corrected chi connectivity index (χ2v) is 12.4. The van der Waals surface area contributed by atoms with Gasteiger partial charge in [0.2, 0.25) is 17.7 Å². The molecular weight excluding hydrogens is 630 g/mol. The number of amides is 3. The predicted octanol–water partition coefficient (Wildman–Crippen LogP) is 6.16. The highest BCUT2D eigenvalue weighted by atomic mass is 35.5. The van der Waals surface area contributed by atoms with E-state index >= 15 is 0 Å². The van der Waals surface area contributed by atoms with Gasteiger partial charge in [-0.05, 0) is 60.2 Å². The standard InChI is InChI=1S/C29H18ClF4N3O4S2/c30-16-6-4-14(5-7-16)21-22-23(26(40)37(25(22)39)19-3-1-2-15(12-19)29(32,33)34)42-27-24(21)43-28(41)36(27)13-20(38)35-18-10-8-17(31)9-11-18/h1-12,21-23H,13H2,(H,35,38)/t21-,22-,23+/m0/s1. The number of carbonyl (C=O) groups excluding carboxylic acids is 3. The maximum absolute atomic E-state index is 13.9. The van der Waals surface area contributed by atoms with E-state index in [9.17, 15) is 36.7 Å². The number of thioether (sulfide) groups is 1. The van der Waals surface area contributed by atoms with E-state index in [1.54, 1.807) is 24.3 Å². The maximum Gasteiger partial charge on any atom is 0.416 e. The van der Waals surface area contributed by atoms with Gasteiger partial charge in [0.25, 0.3) is 0 Å². The van der Waals surface area contributed by atoms with E-state index in [-0.39, 0.29) is 5.69 Å². The Kier molecular flexibility index (Phi) is 7.43. The number of hydrogen-bond acceptors (Lipinski definition) is 6. The van der Waals surface area contributed by atoms with Crippen molar-refractivity contribution in [2.45, 2.75) is 28.9 Å². The van der Waals surface area contributed by atoms with Crippen LogP contribution in [-0.2, 0) is 27.1 Å². The van der Waals surface area contributed by atoms with Crippen LogP contribution >= 0.6 is 34.7 Å². The van der Waals surface area contributed by atoms with Crippen molar-refractivity contribution in [3.63, 3.8) is 0 Å². The molecular formula is C29H18ClF4N3O4S2. The Morgan fingerprint density at radius 3 is 2.33 bits per heavy atom. The molecule has 0 radical (unpaired) electrons. The highest BCUT2D eigenvalue weighted by Gasteiger charge is 2.57. The average molecular weight is 648 g/mol. The molecule has 14 heteroatoms. The summed E-state index contributed by atoms with van der Waals surface area (Å²) in [5, 5.41) is 2.22. The highest BCUT2D eigenvalue weighted by Crippen LogP contribution is 2.54. The summed E-state index contributed by atoms with van der Waals surface area (Å²) in [6.45, 7) is -0.431. The Labute approximate surface area is 254 Å². The molecule has 0 unspecified atom stereocenters. The molecule has 6 rings (SSSR count). The van der Waals surface area contributed by atoms with Crippen molar-refractivity contribution >= 4 is 63.8 Å². The number of rotatable bonds is 5. The van der Waals surface area contributed by atoms with E-state index in [4.69, 9.17) is 11.6 Å². The lowest BCUT2D eigenvalue weighted by molar-refractivity contribution is -0.137. The third kappa shape index (κ3) is 5.36. The summed E-state index contributed by atoms with van der Waals surface area (Å²) >= 11 is 7.84. The van der Waals surface area contributed by atoms with Crippen LogP contribution in [0.3, 0.4) is 0 Å². The average Bonchev–Trinajstić information content (AvgIpc) is 3.40. The molecule has 220 valence electrons. The maximum atomic E-state index is 13.9. The number of imide groups is 1. The minimum Gasteiger partial charge on any atom is -0.325 e. The number of nitrogens with one attached hydrogen (secondary N) is 1. The summed E-state index contributed by atoms with van der Waals surface area (Å²) in [5.74, 6) is -4.36. The summed E-state index contributed by atoms with van der Waals surface area (Å²) in [5.41, 5.74) is -0.350. The molecule has 2 aliphatic heterocycles. The summed E-state index contributed by atoms with van der Waals surface area (Å²) in [4.78, 5) is 54.4. The van der Waals surface area contributed by atoms with E-state index in [2.05, 4.69) is 5.32 Å². The highest BCUT2D eigenvalue weighted by molar-refractivity contribution is 8.00. The predicted molar refractivity (Wildman–Crippen MR) is 154 cm³/mol. The molecule has 1 fully saturated rings. The largest absolute Gasteiger partial charge is 0.416 e. The van der Waals surface area contributed by atoms with Crippen molar-refractivity contribution in [3.05, 3.63) is 109 Å². The van der Waals surface area contributed by atoms with Crippen molar-refractivity contribution in [3.8, 4) is 0 Å². The molecule has 1 aromatic heterocycles. The fourth-order valence-electron chi connectivity index (χ4n) is 5.24. The topological polar surface area (TPSA) is 88.5 Å². The monoisotopic (exact) mass is 647 g/mol. The van der Waals surface area contributed by atoms with Crippen molar-refractivity contribution in [2.75, 3.05) is 10.2 Å². The number of nitrogens with zero attached hydrogens (tertiary/aromatic N) is 2. The molecule has 3 amide bonds. The van der Waals surface area contributed by atoms with E-state index < -0.39 is 63.8 Å². The third-order valence-electron chi connectivity index (χ3n) is 7.14. The van der Waals surface area contributed by atoms with Gasteiger partial charge in [-0.25, -0.2) is 9.29 Å². The van der Waals surface area contributed by atoms with Gasteiger partial charge >= 0.3 is 11.0 Å². The first-order chi connectivity index (χ1) is 20.4. The van der Waals surface area contributed by atoms with Crippen LogP contribution in [-0.4, -0.2) is 27.5 Å². The zero-order valence-electron chi connectivity index (χ0n) is 21.6. The second-order valence-electron chi connectivity index (χ2n) is 9.83. The Hall–Kier alpha value is -3.94. The number of halogens is 5. The number of aromatic nitrogens is 1. The molecule has 0 aliphatic carbocycles. The van der Waals surface area contributed by atoms with Gasteiger partial charge in [0.15, 0.2) is 0 Å². The van der Waals surface area contributed by atoms with Gasteiger partial charge in [-0.1, -0.05) is 52.9 Å². The molecule has 1 N–H and O–H groups in total. The Bertz CT molecular complexity index is 1820. The zero-order chi connectivity index (χ0) is 30.6. The summed E-state index contributed by atoms with van der Waals surface area (Å²) in [6.07, 6.45) is -4.69. The SMILES string of the molecule is O=C(Cn1c2c(sc1=O)[C@@H](c1ccc(Cl)cc1)[C@@H]1C(=O)N(c3cccc(C(F)(F)F)c3)C(=O)[C@@H]1S2)Nc1ccc(F)cc1. The Morgan fingerprint density at radius 2 is 1.65 bits per heavy atom. The minimum atomic E-state index is -4.69. The van der Waals surface area contributed by atoms with Gasteiger partial charge in [-0.3, -0.25) is 23.7 Å². The fourth-order valence-corrected chi connectivity index (χ4v) is 8.14. The minimum absolute atomic E-state index is 0.214. The normalized spacial score (nSPS) is 19.7. The Balaban J connectivity index is 1.40. The van der Waals surface area contributed by atoms with Crippen molar-refractivity contribution in [1.82, 2.24) is 4.57 Å². The van der Waals surface area contributed by atoms with Crippen LogP contribution in [0.25, 0.3) is 0 Å². The smallest absolute Gasteiger partial charge is 0.325 e. The molecule has 43 heavy (non-hydrogen) atoms. The summed E-state index contributed by atoms with van der Waals surface area (Å²) in [7, 11) is 0. The van der Waals surface area contributed by atoms with Crippen molar-refractivity contribution in [1.29, 1.82) is 0 Å². The van der Waals surface area contributed by atoms with Gasteiger partial charge in [0.1, 0.15) is 17.6 Å². The van der Waals surface area contributed by atoms with Crippen LogP contribution < -0.4 is 15.1 Å². The molecule has 2 aliphatic rings. The van der Waals surface area contributed by atoms with Crippen molar-refractivity contribution < 1.29 is 31.9 Å². The van der Waals surface area contributed by atoms with Crippen LogP contribution in [0, 0.1) is 11.7 Å². The third-order valence-corrected chi connectivity index (χ3v) is 10.00. The molecule has 0 bridgehead atoms. The Morgan fingerprint density at radius 1 is 0.953 bits per heavy atom. The molecule has 0 spiro atoms. The lowest BCUT2D eigenvalue weighted by atomic mass is 9.83. The quantitative estimate of drug-likeness (QED) is 0.207. The first kappa shape index (κ1) is 29.1. The number of hydrogen-bond donors (Lipinski definition) is 1. The molecule has 3 atom stereocenters. The number of fused-ring (bicyclic) bond motifs is 2. The van der Waals surface area contributed by atoms with E-state index in [1.807, 2.05) is 0 Å². The van der Waals surface area contributed by atoms with E-state index in [0.29, 0.717) is 26.2 Å². The van der Waals surface area contributed by atoms with E-state index in [1.165, 1.54) is 34.9 Å². The van der Waals surface area contributed by atoms with Gasteiger partial charge in [0.05, 0.1) is 22.2 Å². The zero-order valence-corrected chi connectivity index (χ0v) is 24.0. The van der Waals surface area contributed by atoms with Crippen LogP contribution in [0.2, 0.25) is 5.02 Å². The molecule has 3 aromatic carbocycles. The van der Waals surface area contributed by atoms with Gasteiger partial charge in [-0.2, -0.15) is 13.2 Å². The van der Waals surface area contributed by atoms with Gasteiger partial charge in [-0.15, -0.1) is 0 Å². The number of thiazole rings is 1. The molecule has 7 nitrogen and oxygen atoms in total. The van der Waals surface area contributed by atoms with Gasteiger partial charge < -0.3 is 5.32 Å². The van der Waals surface area contributed by atoms with Crippen LogP contribution in [0.5, 0.6) is 0 Å². The summed E-state index contributed by atoms with van der Waals surface area (Å²) < 4.78 is 54.8. The molecule has 3 heterocycles. The van der Waals surface area contributed by atoms with E-state index in [0.717, 1.165) is 46.2 Å². The number of carbonyl (C=O) groups is 3. The van der Waals surface area contributed by atoms with Crippen LogP contribution in [0.4, 0.5) is 28.9 Å². The molecule has 0 saturated carbocycles. The lowest BCUT2D eigenvalue weighted by Gasteiger charge is -2.30.